The van der Waals surface area contributed by atoms with Gasteiger partial charge in [-0.15, -0.1) is 10.2 Å². The molecule has 1 aliphatic rings. The fraction of sp³-hybridized carbons (Fsp3) is 0.818. The van der Waals surface area contributed by atoms with E-state index >= 15 is 0 Å². The van der Waals surface area contributed by atoms with Crippen molar-refractivity contribution in [3.8, 4) is 0 Å². The first-order valence-electron chi connectivity index (χ1n) is 5.93. The molecule has 0 spiro atoms. The monoisotopic (exact) mass is 244 g/mol. The van der Waals surface area contributed by atoms with E-state index in [0.717, 1.165) is 24.7 Å². The van der Waals surface area contributed by atoms with Crippen LogP contribution in [-0.4, -0.2) is 39.2 Å². The first kappa shape index (κ1) is 12.4. The van der Waals surface area contributed by atoms with Crippen molar-refractivity contribution in [2.45, 2.75) is 32.7 Å². The summed E-state index contributed by atoms with van der Waals surface area (Å²) in [7, 11) is 1.93. The number of likely N-dealkylation sites (tertiary alicyclic amines) is 1. The molecule has 0 aliphatic carbocycles. The fourth-order valence-corrected chi connectivity index (χ4v) is 2.15. The summed E-state index contributed by atoms with van der Waals surface area (Å²) in [4.78, 5) is 2.17. The Morgan fingerprint density at radius 2 is 1.94 bits per heavy atom. The molecule has 0 bridgehead atoms. The van der Waals surface area contributed by atoms with Gasteiger partial charge >= 0.3 is 0 Å². The highest BCUT2D eigenvalue weighted by Crippen LogP contribution is 2.24. The lowest BCUT2D eigenvalue weighted by atomic mass is 9.97. The van der Waals surface area contributed by atoms with Gasteiger partial charge in [0, 0.05) is 13.0 Å². The summed E-state index contributed by atoms with van der Waals surface area (Å²) < 4.78 is 26.9. The maximum absolute atomic E-state index is 12.5. The van der Waals surface area contributed by atoms with Gasteiger partial charge in [-0.1, -0.05) is 0 Å². The standard InChI is InChI=1S/C11H18F2N4/c1-8-14-15-10(16(8)2)7-17-5-3-9(4-6-17)11(12)13/h9,11H,3-7H2,1-2H3. The molecule has 1 aromatic rings. The molecule has 1 saturated heterocycles. The van der Waals surface area contributed by atoms with E-state index in [-0.39, 0.29) is 0 Å². The lowest BCUT2D eigenvalue weighted by molar-refractivity contribution is 0.0328. The molecule has 1 fully saturated rings. The summed E-state index contributed by atoms with van der Waals surface area (Å²) in [6.07, 6.45) is -1.02. The van der Waals surface area contributed by atoms with Crippen LogP contribution < -0.4 is 0 Å². The van der Waals surface area contributed by atoms with Crippen molar-refractivity contribution in [3.05, 3.63) is 11.6 Å². The summed E-state index contributed by atoms with van der Waals surface area (Å²) in [5, 5.41) is 8.08. The normalized spacial score (nSPS) is 19.1. The lowest BCUT2D eigenvalue weighted by Gasteiger charge is -2.30. The van der Waals surface area contributed by atoms with Crippen molar-refractivity contribution in [2.75, 3.05) is 13.1 Å². The number of hydrogen-bond acceptors (Lipinski definition) is 3. The molecule has 0 radical (unpaired) electrons. The number of piperidine rings is 1. The van der Waals surface area contributed by atoms with Gasteiger partial charge in [-0.05, 0) is 32.9 Å². The Morgan fingerprint density at radius 1 is 1.29 bits per heavy atom. The number of hydrogen-bond donors (Lipinski definition) is 0. The molecule has 0 N–H and O–H groups in total. The van der Waals surface area contributed by atoms with Crippen molar-refractivity contribution in [2.24, 2.45) is 13.0 Å². The van der Waals surface area contributed by atoms with Gasteiger partial charge in [-0.25, -0.2) is 8.78 Å². The molecule has 0 saturated carbocycles. The molecular weight excluding hydrogens is 226 g/mol. The van der Waals surface area contributed by atoms with Crippen LogP contribution in [0.25, 0.3) is 0 Å². The van der Waals surface area contributed by atoms with E-state index < -0.39 is 12.3 Å². The maximum Gasteiger partial charge on any atom is 0.241 e. The Balaban J connectivity index is 1.88. The number of alkyl halides is 2. The zero-order chi connectivity index (χ0) is 12.4. The molecule has 1 aromatic heterocycles. The van der Waals surface area contributed by atoms with Crippen molar-refractivity contribution in [1.82, 2.24) is 19.7 Å². The SMILES string of the molecule is Cc1nnc(CN2CCC(C(F)F)CC2)n1C. The van der Waals surface area contributed by atoms with Gasteiger partial charge in [0.2, 0.25) is 6.43 Å². The topological polar surface area (TPSA) is 34.0 Å². The van der Waals surface area contributed by atoms with Crippen molar-refractivity contribution in [1.29, 1.82) is 0 Å². The highest BCUT2D eigenvalue weighted by molar-refractivity contribution is 4.93. The third-order valence-electron chi connectivity index (χ3n) is 3.54. The predicted octanol–water partition coefficient (Wildman–Crippen LogP) is 1.60. The van der Waals surface area contributed by atoms with Crippen LogP contribution in [0.15, 0.2) is 0 Å². The quantitative estimate of drug-likeness (QED) is 0.810. The molecule has 6 heteroatoms. The number of rotatable bonds is 3. The average molecular weight is 244 g/mol. The second-order valence-corrected chi connectivity index (χ2v) is 4.67. The van der Waals surface area contributed by atoms with Gasteiger partial charge in [0.1, 0.15) is 11.6 Å². The van der Waals surface area contributed by atoms with Crippen LogP contribution in [0.1, 0.15) is 24.5 Å². The zero-order valence-electron chi connectivity index (χ0n) is 10.2. The molecular formula is C11H18F2N4. The van der Waals surface area contributed by atoms with E-state index in [2.05, 4.69) is 15.1 Å². The lowest BCUT2D eigenvalue weighted by Crippen LogP contribution is -2.36. The molecule has 1 aliphatic heterocycles. The maximum atomic E-state index is 12.5. The van der Waals surface area contributed by atoms with Gasteiger partial charge in [-0.3, -0.25) is 4.90 Å². The first-order chi connectivity index (χ1) is 8.08. The average Bonchev–Trinajstić information content (AvgIpc) is 2.62. The summed E-state index contributed by atoms with van der Waals surface area (Å²) in [6.45, 7) is 4.05. The summed E-state index contributed by atoms with van der Waals surface area (Å²) in [5.74, 6) is 1.35. The van der Waals surface area contributed by atoms with Gasteiger partial charge in [0.25, 0.3) is 0 Å². The van der Waals surface area contributed by atoms with Gasteiger partial charge in [-0.2, -0.15) is 0 Å². The minimum absolute atomic E-state index is 0.424. The third kappa shape index (κ3) is 2.80. The van der Waals surface area contributed by atoms with E-state index in [9.17, 15) is 8.78 Å². The van der Waals surface area contributed by atoms with E-state index in [4.69, 9.17) is 0 Å². The smallest absolute Gasteiger partial charge is 0.241 e. The van der Waals surface area contributed by atoms with Crippen LogP contribution in [0.2, 0.25) is 0 Å². The second kappa shape index (κ2) is 5.08. The molecule has 2 heterocycles. The molecule has 0 unspecified atom stereocenters. The van der Waals surface area contributed by atoms with E-state index in [1.807, 2.05) is 18.5 Å². The third-order valence-corrected chi connectivity index (χ3v) is 3.54. The van der Waals surface area contributed by atoms with Crippen molar-refractivity contribution in [3.63, 3.8) is 0 Å². The Morgan fingerprint density at radius 3 is 2.41 bits per heavy atom. The molecule has 0 aromatic carbocycles. The number of nitrogens with zero attached hydrogens (tertiary/aromatic N) is 4. The Labute approximate surface area is 99.6 Å². The number of halogens is 2. The Kier molecular flexibility index (Phi) is 3.71. The van der Waals surface area contributed by atoms with Crippen LogP contribution in [0.4, 0.5) is 8.78 Å². The molecule has 0 amide bonds. The zero-order valence-corrected chi connectivity index (χ0v) is 10.2. The van der Waals surface area contributed by atoms with Gasteiger partial charge in [0.15, 0.2) is 0 Å². The molecule has 17 heavy (non-hydrogen) atoms. The van der Waals surface area contributed by atoms with Crippen LogP contribution in [0.3, 0.4) is 0 Å². The van der Waals surface area contributed by atoms with Crippen LogP contribution >= 0.6 is 0 Å². The van der Waals surface area contributed by atoms with Crippen LogP contribution in [-0.2, 0) is 13.6 Å². The minimum atomic E-state index is -2.17. The van der Waals surface area contributed by atoms with Gasteiger partial charge in [0.05, 0.1) is 6.54 Å². The van der Waals surface area contributed by atoms with Crippen LogP contribution in [0.5, 0.6) is 0 Å². The second-order valence-electron chi connectivity index (χ2n) is 4.67. The Hall–Kier alpha value is -1.04. The Bertz CT molecular complexity index is 370. The van der Waals surface area contributed by atoms with Crippen molar-refractivity contribution < 1.29 is 8.78 Å². The fourth-order valence-electron chi connectivity index (χ4n) is 2.15. The van der Waals surface area contributed by atoms with E-state index in [0.29, 0.717) is 19.4 Å². The van der Waals surface area contributed by atoms with Crippen LogP contribution in [0, 0.1) is 12.8 Å². The first-order valence-corrected chi connectivity index (χ1v) is 5.93. The summed E-state index contributed by atoms with van der Waals surface area (Å²) in [5.41, 5.74) is 0. The number of aromatic nitrogens is 3. The van der Waals surface area contributed by atoms with Gasteiger partial charge < -0.3 is 4.57 Å². The minimum Gasteiger partial charge on any atom is -0.317 e. The molecule has 0 atom stereocenters. The predicted molar refractivity (Wildman–Crippen MR) is 59.7 cm³/mol. The highest BCUT2D eigenvalue weighted by Gasteiger charge is 2.26. The molecule has 2 rings (SSSR count). The van der Waals surface area contributed by atoms with Crippen molar-refractivity contribution >= 4 is 0 Å². The van der Waals surface area contributed by atoms with E-state index in [1.54, 1.807) is 0 Å². The summed E-state index contributed by atoms with van der Waals surface area (Å²) >= 11 is 0. The van der Waals surface area contributed by atoms with E-state index in [1.165, 1.54) is 0 Å². The largest absolute Gasteiger partial charge is 0.317 e. The summed E-state index contributed by atoms with van der Waals surface area (Å²) in [6, 6.07) is 0. The molecule has 4 nitrogen and oxygen atoms in total. The highest BCUT2D eigenvalue weighted by atomic mass is 19.3. The number of aryl methyl sites for hydroxylation is 1. The molecule has 96 valence electrons.